The zero-order chi connectivity index (χ0) is 22.6. The Morgan fingerprint density at radius 2 is 1.79 bits per heavy atom. The van der Waals surface area contributed by atoms with Gasteiger partial charge in [0.1, 0.15) is 5.82 Å². The van der Waals surface area contributed by atoms with Gasteiger partial charge in [0, 0.05) is 52.4 Å². The highest BCUT2D eigenvalue weighted by Crippen LogP contribution is 2.33. The molecule has 7 heteroatoms. The lowest BCUT2D eigenvalue weighted by Crippen LogP contribution is -1.95. The van der Waals surface area contributed by atoms with E-state index in [0.29, 0.717) is 23.4 Å². The fourth-order valence-corrected chi connectivity index (χ4v) is 3.72. The van der Waals surface area contributed by atoms with Gasteiger partial charge in [-0.1, -0.05) is 24.3 Å². The van der Waals surface area contributed by atoms with E-state index in [-0.39, 0.29) is 12.4 Å². The van der Waals surface area contributed by atoms with Gasteiger partial charge in [0.05, 0.1) is 25.0 Å². The number of aromatic nitrogens is 5. The topological polar surface area (TPSA) is 76.7 Å². The molecule has 0 amide bonds. The summed E-state index contributed by atoms with van der Waals surface area (Å²) in [6, 6.07) is 14.3. The highest BCUT2D eigenvalue weighted by Gasteiger charge is 2.14. The van der Waals surface area contributed by atoms with Gasteiger partial charge in [0.25, 0.3) is 0 Å². The lowest BCUT2D eigenvalue weighted by atomic mass is 9.99. The lowest BCUT2D eigenvalue weighted by molar-refractivity contribution is 0.342. The van der Waals surface area contributed by atoms with Crippen LogP contribution in [0.1, 0.15) is 0 Å². The largest absolute Gasteiger partial charge is 0.392 e. The molecule has 0 spiro atoms. The van der Waals surface area contributed by atoms with Crippen LogP contribution in [0.2, 0.25) is 0 Å². The number of aliphatic hydroxyl groups excluding tert-OH is 1. The van der Waals surface area contributed by atoms with Gasteiger partial charge in [-0.2, -0.15) is 5.10 Å². The molecule has 5 rings (SSSR count). The smallest absolute Gasteiger partial charge is 0.160 e. The number of rotatable bonds is 6. The Balaban J connectivity index is 1.60. The van der Waals surface area contributed by atoms with Crippen LogP contribution in [-0.2, 0) is 6.54 Å². The Kier molecular flexibility index (Phi) is 5.70. The van der Waals surface area contributed by atoms with Crippen molar-refractivity contribution in [2.24, 2.45) is 0 Å². The number of pyridine rings is 3. The van der Waals surface area contributed by atoms with Crippen molar-refractivity contribution in [2.45, 2.75) is 6.54 Å². The summed E-state index contributed by atoms with van der Waals surface area (Å²) in [4.78, 5) is 13.5. The third-order valence-electron chi connectivity index (χ3n) is 5.31. The molecule has 1 N–H and O–H groups in total. The molecule has 0 radical (unpaired) electrons. The van der Waals surface area contributed by atoms with Crippen molar-refractivity contribution >= 4 is 11.0 Å². The molecule has 0 fully saturated rings. The summed E-state index contributed by atoms with van der Waals surface area (Å²) in [5.41, 5.74) is 5.06. The van der Waals surface area contributed by atoms with Crippen molar-refractivity contribution in [3.63, 3.8) is 0 Å². The molecular formula is C26H20FN5O. The van der Waals surface area contributed by atoms with E-state index in [1.807, 2.05) is 36.5 Å². The Morgan fingerprint density at radius 3 is 2.67 bits per heavy atom. The second kappa shape index (κ2) is 9.10. The van der Waals surface area contributed by atoms with Gasteiger partial charge in [-0.25, -0.2) is 14.4 Å². The predicted octanol–water partition coefficient (Wildman–Crippen LogP) is 4.91. The molecule has 0 bridgehead atoms. The minimum Gasteiger partial charge on any atom is -0.392 e. The summed E-state index contributed by atoms with van der Waals surface area (Å²) < 4.78 is 16.3. The molecule has 6 nitrogen and oxygen atoms in total. The maximum absolute atomic E-state index is 14.5. The standard InChI is InChI=1S/C26H20FN5O/c27-24-8-2-1-6-22(24)25-13-23(21-7-5-9-29-26(21)31-25)19-12-18(14-28-15-19)20-16-30-32(17-20)10-3-4-11-33/h1-9,12-17,33H,10-11H2. The first-order valence-corrected chi connectivity index (χ1v) is 10.5. The molecule has 4 aromatic heterocycles. The molecule has 0 aliphatic heterocycles. The highest BCUT2D eigenvalue weighted by atomic mass is 19.1. The Morgan fingerprint density at radius 1 is 0.909 bits per heavy atom. The Hall–Kier alpha value is -4.23. The average Bonchev–Trinajstić information content (AvgIpc) is 3.33. The van der Waals surface area contributed by atoms with Gasteiger partial charge < -0.3 is 5.11 Å². The third kappa shape index (κ3) is 4.26. The molecule has 5 aromatic rings. The number of nitrogens with zero attached hydrogens (tertiary/aromatic N) is 5. The number of allylic oxidation sites excluding steroid dienone is 1. The molecular weight excluding hydrogens is 417 g/mol. The van der Waals surface area contributed by atoms with Crippen molar-refractivity contribution in [1.29, 1.82) is 0 Å². The third-order valence-corrected chi connectivity index (χ3v) is 5.31. The summed E-state index contributed by atoms with van der Waals surface area (Å²) in [5.74, 6) is -0.333. The van der Waals surface area contributed by atoms with Crippen molar-refractivity contribution in [3.05, 3.63) is 97.5 Å². The van der Waals surface area contributed by atoms with Crippen LogP contribution in [0.3, 0.4) is 0 Å². The van der Waals surface area contributed by atoms with Gasteiger partial charge in [-0.15, -0.1) is 0 Å². The van der Waals surface area contributed by atoms with Crippen molar-refractivity contribution in [1.82, 2.24) is 24.7 Å². The van der Waals surface area contributed by atoms with Gasteiger partial charge in [0.15, 0.2) is 5.65 Å². The van der Waals surface area contributed by atoms with Crippen LogP contribution >= 0.6 is 0 Å². The molecule has 0 unspecified atom stereocenters. The monoisotopic (exact) mass is 437 g/mol. The number of hydrogen-bond donors (Lipinski definition) is 1. The summed E-state index contributed by atoms with van der Waals surface area (Å²) in [6.45, 7) is 0.573. The Labute approximate surface area is 189 Å². The maximum atomic E-state index is 14.5. The van der Waals surface area contributed by atoms with Crippen LogP contribution in [0.4, 0.5) is 4.39 Å². The molecule has 4 heterocycles. The van der Waals surface area contributed by atoms with Crippen LogP contribution in [0.5, 0.6) is 0 Å². The SMILES string of the molecule is OCC=CCn1cc(-c2cncc(-c3cc(-c4ccccc4F)nc4ncccc34)c2)cn1. The van der Waals surface area contributed by atoms with E-state index < -0.39 is 0 Å². The quantitative estimate of drug-likeness (QED) is 0.382. The van der Waals surface area contributed by atoms with E-state index in [1.54, 1.807) is 53.7 Å². The molecule has 33 heavy (non-hydrogen) atoms. The van der Waals surface area contributed by atoms with Crippen LogP contribution in [-0.4, -0.2) is 36.4 Å². The average molecular weight is 437 g/mol. The summed E-state index contributed by atoms with van der Waals surface area (Å²) in [7, 11) is 0. The molecule has 0 saturated heterocycles. The Bertz CT molecular complexity index is 1460. The first-order chi connectivity index (χ1) is 16.2. The van der Waals surface area contributed by atoms with Crippen LogP contribution in [0.25, 0.3) is 44.5 Å². The van der Waals surface area contributed by atoms with Gasteiger partial charge in [-0.3, -0.25) is 9.67 Å². The van der Waals surface area contributed by atoms with Gasteiger partial charge >= 0.3 is 0 Å². The minimum atomic E-state index is -0.333. The summed E-state index contributed by atoms with van der Waals surface area (Å²) in [6.07, 6.45) is 12.5. The fraction of sp³-hybridized carbons (Fsp3) is 0.0769. The van der Waals surface area contributed by atoms with Crippen LogP contribution in [0, 0.1) is 5.82 Å². The van der Waals surface area contributed by atoms with Crippen molar-refractivity contribution in [3.8, 4) is 33.5 Å². The zero-order valence-electron chi connectivity index (χ0n) is 17.6. The zero-order valence-corrected chi connectivity index (χ0v) is 17.6. The van der Waals surface area contributed by atoms with E-state index in [9.17, 15) is 4.39 Å². The van der Waals surface area contributed by atoms with E-state index in [0.717, 1.165) is 27.6 Å². The highest BCUT2D eigenvalue weighted by molar-refractivity contribution is 5.95. The van der Waals surface area contributed by atoms with E-state index in [2.05, 4.69) is 20.1 Å². The molecule has 0 atom stereocenters. The van der Waals surface area contributed by atoms with E-state index >= 15 is 0 Å². The fourth-order valence-electron chi connectivity index (χ4n) is 3.72. The number of fused-ring (bicyclic) bond motifs is 1. The van der Waals surface area contributed by atoms with Crippen molar-refractivity contribution < 1.29 is 9.50 Å². The molecule has 0 aliphatic rings. The van der Waals surface area contributed by atoms with Gasteiger partial charge in [-0.05, 0) is 42.0 Å². The number of benzene rings is 1. The number of aliphatic hydroxyl groups is 1. The second-order valence-corrected chi connectivity index (χ2v) is 7.48. The summed E-state index contributed by atoms with van der Waals surface area (Å²) >= 11 is 0. The summed E-state index contributed by atoms with van der Waals surface area (Å²) in [5, 5.41) is 14.1. The minimum absolute atomic E-state index is 0.00368. The van der Waals surface area contributed by atoms with Crippen LogP contribution in [0.15, 0.2) is 91.7 Å². The van der Waals surface area contributed by atoms with Crippen molar-refractivity contribution in [2.75, 3.05) is 6.61 Å². The van der Waals surface area contributed by atoms with E-state index in [1.165, 1.54) is 6.07 Å². The second-order valence-electron chi connectivity index (χ2n) is 7.48. The molecule has 0 aliphatic carbocycles. The predicted molar refractivity (Wildman–Crippen MR) is 126 cm³/mol. The molecule has 162 valence electrons. The first-order valence-electron chi connectivity index (χ1n) is 10.5. The lowest BCUT2D eigenvalue weighted by Gasteiger charge is -2.11. The number of halogens is 1. The maximum Gasteiger partial charge on any atom is 0.160 e. The van der Waals surface area contributed by atoms with E-state index in [4.69, 9.17) is 5.11 Å². The first kappa shape index (κ1) is 20.7. The van der Waals surface area contributed by atoms with Gasteiger partial charge in [0.2, 0.25) is 0 Å². The molecule has 0 saturated carbocycles. The normalized spacial score (nSPS) is 11.5. The molecule has 1 aromatic carbocycles. The van der Waals surface area contributed by atoms with Crippen LogP contribution < -0.4 is 0 Å². The number of hydrogen-bond acceptors (Lipinski definition) is 5.